The van der Waals surface area contributed by atoms with E-state index in [1.807, 2.05) is 18.2 Å². The Hall–Kier alpha value is -2.60. The van der Waals surface area contributed by atoms with Crippen molar-refractivity contribution >= 4 is 28.9 Å². The predicted octanol–water partition coefficient (Wildman–Crippen LogP) is 3.53. The van der Waals surface area contributed by atoms with E-state index in [2.05, 4.69) is 4.98 Å². The van der Waals surface area contributed by atoms with Gasteiger partial charge >= 0.3 is 5.82 Å². The maximum absolute atomic E-state index is 11.4. The molecule has 0 spiro atoms. The summed E-state index contributed by atoms with van der Waals surface area (Å²) in [5.41, 5.74) is 1.50. The summed E-state index contributed by atoms with van der Waals surface area (Å²) in [7, 11) is 1.77. The quantitative estimate of drug-likeness (QED) is 0.545. The van der Waals surface area contributed by atoms with Crippen LogP contribution in [-0.2, 0) is 6.54 Å². The van der Waals surface area contributed by atoms with Crippen LogP contribution in [0.3, 0.4) is 0 Å². The fourth-order valence-electron chi connectivity index (χ4n) is 2.38. The smallest absolute Gasteiger partial charge is 0.358 e. The van der Waals surface area contributed by atoms with Crippen LogP contribution in [0, 0.1) is 10.1 Å². The first-order valence-corrected chi connectivity index (χ1v) is 7.01. The lowest BCUT2D eigenvalue weighted by Crippen LogP contribution is -2.18. The number of pyridine rings is 1. The summed E-state index contributed by atoms with van der Waals surface area (Å²) in [5.74, 6) is 0.288. The molecule has 1 aromatic carbocycles. The van der Waals surface area contributed by atoms with Gasteiger partial charge in [0.25, 0.3) is 0 Å². The number of fused-ring (bicyclic) bond motifs is 1. The van der Waals surface area contributed by atoms with Crippen molar-refractivity contribution in [1.29, 1.82) is 0 Å². The monoisotopic (exact) mass is 316 g/mol. The van der Waals surface area contributed by atoms with E-state index in [1.54, 1.807) is 42.4 Å². The highest BCUT2D eigenvalue weighted by molar-refractivity contribution is 6.30. The number of aromatic nitrogens is 2. The molecule has 0 unspecified atom stereocenters. The predicted molar refractivity (Wildman–Crippen MR) is 85.4 cm³/mol. The van der Waals surface area contributed by atoms with E-state index in [4.69, 9.17) is 11.6 Å². The Labute approximate surface area is 131 Å². The average molecular weight is 317 g/mol. The van der Waals surface area contributed by atoms with E-state index in [-0.39, 0.29) is 5.82 Å². The van der Waals surface area contributed by atoms with Crippen molar-refractivity contribution in [3.8, 4) is 0 Å². The number of imidazole rings is 1. The van der Waals surface area contributed by atoms with E-state index in [0.29, 0.717) is 23.0 Å². The van der Waals surface area contributed by atoms with Crippen molar-refractivity contribution in [2.45, 2.75) is 6.54 Å². The molecule has 22 heavy (non-hydrogen) atoms. The van der Waals surface area contributed by atoms with E-state index < -0.39 is 4.92 Å². The molecule has 6 nitrogen and oxygen atoms in total. The summed E-state index contributed by atoms with van der Waals surface area (Å²) in [4.78, 5) is 17.1. The minimum absolute atomic E-state index is 0.0415. The third-order valence-electron chi connectivity index (χ3n) is 3.33. The molecular formula is C15H13ClN4O2. The highest BCUT2D eigenvalue weighted by atomic mass is 35.5. The van der Waals surface area contributed by atoms with Crippen LogP contribution in [0.25, 0.3) is 5.65 Å². The molecule has 0 aliphatic carbocycles. The number of anilines is 1. The van der Waals surface area contributed by atoms with Gasteiger partial charge in [-0.25, -0.2) is 0 Å². The third kappa shape index (κ3) is 2.60. The molecule has 0 N–H and O–H groups in total. The van der Waals surface area contributed by atoms with Gasteiger partial charge in [0.05, 0.1) is 6.20 Å². The molecule has 0 atom stereocenters. The van der Waals surface area contributed by atoms with E-state index in [0.717, 1.165) is 5.56 Å². The molecule has 112 valence electrons. The molecule has 0 aliphatic rings. The molecule has 0 saturated heterocycles. The molecule has 0 radical (unpaired) electrons. The summed E-state index contributed by atoms with van der Waals surface area (Å²) in [6, 6.07) is 12.7. The lowest BCUT2D eigenvalue weighted by atomic mass is 10.2. The zero-order valence-electron chi connectivity index (χ0n) is 11.8. The number of hydrogen-bond donors (Lipinski definition) is 0. The molecule has 2 aromatic heterocycles. The standard InChI is InChI=1S/C15H13ClN4O2/c1-18(10-11-5-4-6-12(16)9-11)14-15(20(21)22)19-8-3-2-7-13(19)17-14/h2-9H,10H2,1H3. The maximum atomic E-state index is 11.4. The van der Waals surface area contributed by atoms with Crippen molar-refractivity contribution < 1.29 is 4.92 Å². The van der Waals surface area contributed by atoms with Crippen molar-refractivity contribution in [3.63, 3.8) is 0 Å². The number of rotatable bonds is 4. The number of hydrogen-bond acceptors (Lipinski definition) is 4. The first kappa shape index (κ1) is 14.3. The minimum Gasteiger partial charge on any atom is -0.358 e. The van der Waals surface area contributed by atoms with Gasteiger partial charge in [0, 0.05) is 24.7 Å². The van der Waals surface area contributed by atoms with Crippen molar-refractivity contribution in [1.82, 2.24) is 9.38 Å². The first-order chi connectivity index (χ1) is 10.6. The van der Waals surface area contributed by atoms with Gasteiger partial charge in [0.2, 0.25) is 11.5 Å². The maximum Gasteiger partial charge on any atom is 0.372 e. The van der Waals surface area contributed by atoms with Crippen LogP contribution in [0.5, 0.6) is 0 Å². The second-order valence-corrected chi connectivity index (χ2v) is 5.37. The average Bonchev–Trinajstić information content (AvgIpc) is 2.87. The van der Waals surface area contributed by atoms with Crippen LogP contribution in [0.1, 0.15) is 5.56 Å². The molecule has 0 aliphatic heterocycles. The van der Waals surface area contributed by atoms with Gasteiger partial charge in [0.1, 0.15) is 0 Å². The highest BCUT2D eigenvalue weighted by Crippen LogP contribution is 2.29. The first-order valence-electron chi connectivity index (χ1n) is 6.63. The Morgan fingerprint density at radius 1 is 1.32 bits per heavy atom. The van der Waals surface area contributed by atoms with Gasteiger partial charge in [-0.2, -0.15) is 9.38 Å². The number of benzene rings is 1. The highest BCUT2D eigenvalue weighted by Gasteiger charge is 2.25. The largest absolute Gasteiger partial charge is 0.372 e. The summed E-state index contributed by atoms with van der Waals surface area (Å²) in [5, 5.41) is 12.0. The summed E-state index contributed by atoms with van der Waals surface area (Å²) >= 11 is 5.97. The number of halogens is 1. The van der Waals surface area contributed by atoms with Crippen molar-refractivity contribution in [2.75, 3.05) is 11.9 Å². The van der Waals surface area contributed by atoms with Gasteiger partial charge in [-0.1, -0.05) is 29.8 Å². The second-order valence-electron chi connectivity index (χ2n) is 4.93. The van der Waals surface area contributed by atoms with E-state index >= 15 is 0 Å². The Morgan fingerprint density at radius 2 is 2.14 bits per heavy atom. The van der Waals surface area contributed by atoms with E-state index in [9.17, 15) is 10.1 Å². The van der Waals surface area contributed by atoms with E-state index in [1.165, 1.54) is 4.40 Å². The third-order valence-corrected chi connectivity index (χ3v) is 3.57. The summed E-state index contributed by atoms with van der Waals surface area (Å²) in [6.07, 6.45) is 1.64. The second kappa shape index (κ2) is 5.65. The fraction of sp³-hybridized carbons (Fsp3) is 0.133. The van der Waals surface area contributed by atoms with Gasteiger partial charge in [-0.3, -0.25) is 0 Å². The molecule has 0 fully saturated rings. The number of nitrogens with zero attached hydrogens (tertiary/aromatic N) is 4. The Kier molecular flexibility index (Phi) is 3.68. The van der Waals surface area contributed by atoms with Crippen LogP contribution in [0.4, 0.5) is 11.6 Å². The molecular weight excluding hydrogens is 304 g/mol. The van der Waals surface area contributed by atoms with Crippen LogP contribution in [-0.4, -0.2) is 21.4 Å². The lowest BCUT2D eigenvalue weighted by Gasteiger charge is -2.16. The molecule has 2 heterocycles. The Balaban J connectivity index is 2.01. The van der Waals surface area contributed by atoms with Crippen LogP contribution in [0.15, 0.2) is 48.7 Å². The molecule has 3 aromatic rings. The Morgan fingerprint density at radius 3 is 2.86 bits per heavy atom. The van der Waals surface area contributed by atoms with Gasteiger partial charge in [0.15, 0.2) is 0 Å². The van der Waals surface area contributed by atoms with Gasteiger partial charge in [-0.05, 0) is 28.7 Å². The molecule has 3 rings (SSSR count). The minimum atomic E-state index is -0.413. The van der Waals surface area contributed by atoms with Crippen LogP contribution >= 0.6 is 11.6 Å². The SMILES string of the molecule is CN(Cc1cccc(Cl)c1)c1nc2ccccn2c1[N+](=O)[O-]. The molecule has 0 bridgehead atoms. The van der Waals surface area contributed by atoms with Gasteiger partial charge in [-0.15, -0.1) is 0 Å². The molecule has 7 heteroatoms. The Bertz CT molecular complexity index is 846. The van der Waals surface area contributed by atoms with Crippen LogP contribution in [0.2, 0.25) is 5.02 Å². The van der Waals surface area contributed by atoms with Crippen molar-refractivity contribution in [2.24, 2.45) is 0 Å². The zero-order valence-corrected chi connectivity index (χ0v) is 12.6. The lowest BCUT2D eigenvalue weighted by molar-refractivity contribution is -0.389. The topological polar surface area (TPSA) is 63.7 Å². The summed E-state index contributed by atoms with van der Waals surface area (Å²) in [6.45, 7) is 0.477. The van der Waals surface area contributed by atoms with Crippen LogP contribution < -0.4 is 4.90 Å². The van der Waals surface area contributed by atoms with Crippen molar-refractivity contribution in [3.05, 3.63) is 69.4 Å². The fourth-order valence-corrected chi connectivity index (χ4v) is 2.59. The summed E-state index contributed by atoms with van der Waals surface area (Å²) < 4.78 is 1.48. The normalized spacial score (nSPS) is 10.8. The van der Waals surface area contributed by atoms with Gasteiger partial charge < -0.3 is 15.0 Å². The zero-order chi connectivity index (χ0) is 15.7. The molecule has 0 saturated carbocycles. The molecule has 0 amide bonds. The number of nitro groups is 1.